The van der Waals surface area contributed by atoms with E-state index >= 15 is 0 Å². The maximum absolute atomic E-state index is 9.97. The molecule has 1 aromatic rings. The molecule has 1 fully saturated rings. The number of aromatic nitrogens is 2. The molecule has 0 bridgehead atoms. The van der Waals surface area contributed by atoms with Gasteiger partial charge in [-0.15, -0.1) is 0 Å². The Hall–Kier alpha value is -0.940. The fourth-order valence-electron chi connectivity index (χ4n) is 1.52. The molecule has 0 unspecified atom stereocenters. The van der Waals surface area contributed by atoms with E-state index in [4.69, 9.17) is 9.26 Å². The van der Waals surface area contributed by atoms with Gasteiger partial charge >= 0.3 is 0 Å². The summed E-state index contributed by atoms with van der Waals surface area (Å²) in [7, 11) is 0. The normalized spacial score (nSPS) is 27.0. The summed E-state index contributed by atoms with van der Waals surface area (Å²) >= 11 is 0. The summed E-state index contributed by atoms with van der Waals surface area (Å²) in [6.45, 7) is 2.92. The second-order valence-corrected chi connectivity index (χ2v) is 3.66. The first kappa shape index (κ1) is 9.61. The predicted octanol–water partition coefficient (Wildman–Crippen LogP) is 0.326. The first-order chi connectivity index (χ1) is 6.72. The number of rotatable bonds is 3. The van der Waals surface area contributed by atoms with Crippen molar-refractivity contribution < 1.29 is 14.4 Å². The van der Waals surface area contributed by atoms with Gasteiger partial charge in [0.2, 0.25) is 5.89 Å². The Kier molecular flexibility index (Phi) is 2.52. The monoisotopic (exact) mass is 198 g/mol. The highest BCUT2D eigenvalue weighted by Crippen LogP contribution is 2.22. The molecule has 0 aromatic carbocycles. The van der Waals surface area contributed by atoms with Crippen LogP contribution < -0.4 is 0 Å². The summed E-state index contributed by atoms with van der Waals surface area (Å²) < 4.78 is 10.1. The number of aliphatic hydroxyl groups is 1. The molecule has 1 atom stereocenters. The Morgan fingerprint density at radius 2 is 2.43 bits per heavy atom. The lowest BCUT2D eigenvalue weighted by Crippen LogP contribution is -2.31. The van der Waals surface area contributed by atoms with Crippen molar-refractivity contribution >= 4 is 0 Å². The van der Waals surface area contributed by atoms with E-state index in [9.17, 15) is 5.11 Å². The fourth-order valence-corrected chi connectivity index (χ4v) is 1.52. The molecule has 1 aliphatic heterocycles. The van der Waals surface area contributed by atoms with Crippen LogP contribution in [0.3, 0.4) is 0 Å². The van der Waals surface area contributed by atoms with E-state index in [-0.39, 0.29) is 0 Å². The van der Waals surface area contributed by atoms with E-state index in [1.165, 1.54) is 0 Å². The third kappa shape index (κ3) is 1.93. The van der Waals surface area contributed by atoms with Gasteiger partial charge in [0.1, 0.15) is 0 Å². The van der Waals surface area contributed by atoms with E-state index < -0.39 is 5.60 Å². The van der Waals surface area contributed by atoms with Gasteiger partial charge in [-0.3, -0.25) is 0 Å². The summed E-state index contributed by atoms with van der Waals surface area (Å²) in [5, 5.41) is 13.7. The highest BCUT2D eigenvalue weighted by Gasteiger charge is 2.34. The van der Waals surface area contributed by atoms with Crippen molar-refractivity contribution in [2.45, 2.75) is 31.8 Å². The van der Waals surface area contributed by atoms with Crippen molar-refractivity contribution in [2.24, 2.45) is 0 Å². The van der Waals surface area contributed by atoms with E-state index in [1.807, 2.05) is 6.92 Å². The third-order valence-electron chi connectivity index (χ3n) is 2.39. The molecule has 2 rings (SSSR count). The van der Waals surface area contributed by atoms with Crippen LogP contribution in [0, 0.1) is 0 Å². The molecule has 78 valence electrons. The van der Waals surface area contributed by atoms with E-state index in [0.29, 0.717) is 37.8 Å². The molecular formula is C9H14N2O3. The van der Waals surface area contributed by atoms with E-state index in [1.54, 1.807) is 0 Å². The van der Waals surface area contributed by atoms with Crippen LogP contribution in [0.2, 0.25) is 0 Å². The van der Waals surface area contributed by atoms with Crippen LogP contribution in [0.25, 0.3) is 0 Å². The lowest BCUT2D eigenvalue weighted by atomic mass is 9.99. The second-order valence-electron chi connectivity index (χ2n) is 3.66. The maximum Gasteiger partial charge on any atom is 0.229 e. The minimum absolute atomic E-state index is 0.358. The van der Waals surface area contributed by atoms with Crippen molar-refractivity contribution in [3.8, 4) is 0 Å². The molecule has 1 saturated heterocycles. The summed E-state index contributed by atoms with van der Waals surface area (Å²) in [5.41, 5.74) is -0.808. The maximum atomic E-state index is 9.97. The molecule has 5 heteroatoms. The lowest BCUT2D eigenvalue weighted by molar-refractivity contribution is 0.0207. The number of ether oxygens (including phenoxy) is 1. The summed E-state index contributed by atoms with van der Waals surface area (Å²) in [4.78, 5) is 4.14. The fraction of sp³-hybridized carbons (Fsp3) is 0.778. The van der Waals surface area contributed by atoms with Crippen LogP contribution in [-0.2, 0) is 17.6 Å². The molecule has 5 nitrogen and oxygen atoms in total. The van der Waals surface area contributed by atoms with Crippen molar-refractivity contribution in [3.63, 3.8) is 0 Å². The van der Waals surface area contributed by atoms with Gasteiger partial charge in [-0.25, -0.2) is 0 Å². The van der Waals surface area contributed by atoms with Gasteiger partial charge < -0.3 is 14.4 Å². The van der Waals surface area contributed by atoms with Crippen LogP contribution in [-0.4, -0.2) is 34.1 Å². The molecule has 0 amide bonds. The Labute approximate surface area is 82.1 Å². The highest BCUT2D eigenvalue weighted by molar-refractivity contribution is 4.95. The largest absolute Gasteiger partial charge is 0.387 e. The second kappa shape index (κ2) is 3.67. The zero-order valence-corrected chi connectivity index (χ0v) is 8.19. The highest BCUT2D eigenvalue weighted by atomic mass is 16.5. The first-order valence-electron chi connectivity index (χ1n) is 4.83. The number of hydrogen-bond donors (Lipinski definition) is 1. The minimum Gasteiger partial charge on any atom is -0.387 e. The lowest BCUT2D eigenvalue weighted by Gasteiger charge is -2.16. The molecule has 0 aliphatic carbocycles. The molecule has 0 saturated carbocycles. The number of nitrogens with zero attached hydrogens (tertiary/aromatic N) is 2. The quantitative estimate of drug-likeness (QED) is 0.757. The molecule has 1 N–H and O–H groups in total. The zero-order chi connectivity index (χ0) is 10.0. The smallest absolute Gasteiger partial charge is 0.229 e. The van der Waals surface area contributed by atoms with Crippen LogP contribution in [0.4, 0.5) is 0 Å². The Bertz CT molecular complexity index is 305. The molecule has 0 radical (unpaired) electrons. The zero-order valence-electron chi connectivity index (χ0n) is 8.19. The van der Waals surface area contributed by atoms with Gasteiger partial charge in [0.05, 0.1) is 18.6 Å². The summed E-state index contributed by atoms with van der Waals surface area (Å²) in [5.74, 6) is 1.18. The van der Waals surface area contributed by atoms with Gasteiger partial charge in [-0.1, -0.05) is 12.1 Å². The predicted molar refractivity (Wildman–Crippen MR) is 47.8 cm³/mol. The van der Waals surface area contributed by atoms with Gasteiger partial charge in [0, 0.05) is 19.4 Å². The SMILES string of the molecule is CCc1noc(C[C@]2(O)CCOC2)n1. The van der Waals surface area contributed by atoms with Crippen LogP contribution in [0.5, 0.6) is 0 Å². The summed E-state index contributed by atoms with van der Waals surface area (Å²) in [6, 6.07) is 0. The van der Waals surface area contributed by atoms with Crippen molar-refractivity contribution in [3.05, 3.63) is 11.7 Å². The molecule has 1 aliphatic rings. The van der Waals surface area contributed by atoms with Crippen LogP contribution >= 0.6 is 0 Å². The number of aryl methyl sites for hydroxylation is 1. The van der Waals surface area contributed by atoms with Crippen molar-refractivity contribution in [1.29, 1.82) is 0 Å². The van der Waals surface area contributed by atoms with E-state index in [0.717, 1.165) is 6.42 Å². The molecule has 0 spiro atoms. The topological polar surface area (TPSA) is 68.4 Å². The Morgan fingerprint density at radius 3 is 3.00 bits per heavy atom. The average molecular weight is 198 g/mol. The van der Waals surface area contributed by atoms with Crippen molar-refractivity contribution in [2.75, 3.05) is 13.2 Å². The van der Waals surface area contributed by atoms with Crippen LogP contribution in [0.15, 0.2) is 4.52 Å². The number of hydrogen-bond acceptors (Lipinski definition) is 5. The summed E-state index contributed by atoms with van der Waals surface area (Å²) in [6.07, 6.45) is 1.77. The standard InChI is InChI=1S/C9H14N2O3/c1-2-7-10-8(14-11-7)5-9(12)3-4-13-6-9/h12H,2-6H2,1H3/t9-/m1/s1. The van der Waals surface area contributed by atoms with Gasteiger partial charge in [-0.2, -0.15) is 4.98 Å². The van der Waals surface area contributed by atoms with Crippen LogP contribution in [0.1, 0.15) is 25.1 Å². The van der Waals surface area contributed by atoms with Gasteiger partial charge in [0.15, 0.2) is 5.82 Å². The molecule has 1 aromatic heterocycles. The molecule has 2 heterocycles. The third-order valence-corrected chi connectivity index (χ3v) is 2.39. The molecular weight excluding hydrogens is 184 g/mol. The average Bonchev–Trinajstić information content (AvgIpc) is 2.75. The minimum atomic E-state index is -0.808. The Balaban J connectivity index is 2.02. The molecule has 14 heavy (non-hydrogen) atoms. The van der Waals surface area contributed by atoms with E-state index in [2.05, 4.69) is 10.1 Å². The van der Waals surface area contributed by atoms with Gasteiger partial charge in [-0.05, 0) is 0 Å². The Morgan fingerprint density at radius 1 is 1.57 bits per heavy atom. The van der Waals surface area contributed by atoms with Crippen molar-refractivity contribution in [1.82, 2.24) is 10.1 Å². The first-order valence-corrected chi connectivity index (χ1v) is 4.83. The van der Waals surface area contributed by atoms with Gasteiger partial charge in [0.25, 0.3) is 0 Å².